The van der Waals surface area contributed by atoms with Gasteiger partial charge in [-0.1, -0.05) is 23.7 Å². The number of carboxylic acid groups (broad SMARTS) is 1. The van der Waals surface area contributed by atoms with Gasteiger partial charge in [0.05, 0.1) is 10.7 Å². The highest BCUT2D eigenvalue weighted by Gasteiger charge is 2.26. The zero-order valence-corrected chi connectivity index (χ0v) is 11.5. The fraction of sp³-hybridized carbons (Fsp3) is 0.385. The van der Waals surface area contributed by atoms with Crippen LogP contribution >= 0.6 is 11.6 Å². The molecule has 1 aromatic rings. The maximum absolute atomic E-state index is 12.1. The number of aliphatic carboxylic acids is 1. The Morgan fingerprint density at radius 2 is 2.11 bits per heavy atom. The molecule has 0 aliphatic rings. The summed E-state index contributed by atoms with van der Waals surface area (Å²) < 4.78 is 12.4. The van der Waals surface area contributed by atoms with Crippen LogP contribution in [0, 0.1) is 0 Å². The van der Waals surface area contributed by atoms with Gasteiger partial charge in [-0.15, -0.1) is 0 Å². The van der Waals surface area contributed by atoms with Gasteiger partial charge in [-0.3, -0.25) is 9.69 Å². The molecule has 0 radical (unpaired) electrons. The van der Waals surface area contributed by atoms with E-state index in [-0.39, 0.29) is 17.6 Å². The molecule has 0 saturated carbocycles. The number of rotatable bonds is 3. The summed E-state index contributed by atoms with van der Waals surface area (Å²) in [7, 11) is 0. The Hall–Kier alpha value is -1.75. The standard InChI is InChI=1S/C13H16ClNO4/c1-13(2,3)19-12(18)15(8-11(16)17)10-7-5-4-6-9(10)14/h4-7H,8H2,1-3H3,(H,16,17)/i1D. The molecule has 6 heteroatoms. The molecular weight excluding hydrogens is 270 g/mol. The number of benzene rings is 1. The minimum absolute atomic E-state index is 0.137. The van der Waals surface area contributed by atoms with Crippen molar-refractivity contribution < 1.29 is 20.8 Å². The number of anilines is 1. The van der Waals surface area contributed by atoms with Gasteiger partial charge in [0.25, 0.3) is 0 Å². The SMILES string of the molecule is [2H]CC(C)(C)OC(=O)N(CC(=O)O)c1ccccc1Cl. The van der Waals surface area contributed by atoms with E-state index in [0.717, 1.165) is 4.90 Å². The maximum atomic E-state index is 12.1. The Labute approximate surface area is 118 Å². The number of amides is 1. The van der Waals surface area contributed by atoms with Crippen molar-refractivity contribution >= 4 is 29.4 Å². The molecule has 104 valence electrons. The van der Waals surface area contributed by atoms with Crippen molar-refractivity contribution in [2.45, 2.75) is 26.3 Å². The second kappa shape index (κ2) is 5.93. The van der Waals surface area contributed by atoms with E-state index in [1.165, 1.54) is 6.07 Å². The smallest absolute Gasteiger partial charge is 0.415 e. The van der Waals surface area contributed by atoms with E-state index in [0.29, 0.717) is 0 Å². The number of hydrogen-bond donors (Lipinski definition) is 1. The number of ether oxygens (including phenoxy) is 1. The van der Waals surface area contributed by atoms with Crippen molar-refractivity contribution in [1.82, 2.24) is 0 Å². The van der Waals surface area contributed by atoms with E-state index >= 15 is 0 Å². The highest BCUT2D eigenvalue weighted by Crippen LogP contribution is 2.26. The first-order valence-corrected chi connectivity index (χ1v) is 5.90. The molecule has 0 fully saturated rings. The predicted molar refractivity (Wildman–Crippen MR) is 72.7 cm³/mol. The molecule has 0 bridgehead atoms. The largest absolute Gasteiger partial charge is 0.480 e. The topological polar surface area (TPSA) is 66.8 Å². The van der Waals surface area contributed by atoms with Crippen molar-refractivity contribution in [3.63, 3.8) is 0 Å². The minimum Gasteiger partial charge on any atom is -0.480 e. The van der Waals surface area contributed by atoms with Crippen LogP contribution in [0.3, 0.4) is 0 Å². The molecule has 0 atom stereocenters. The fourth-order valence-electron chi connectivity index (χ4n) is 1.35. The lowest BCUT2D eigenvalue weighted by Gasteiger charge is -2.26. The van der Waals surface area contributed by atoms with Crippen molar-refractivity contribution in [1.29, 1.82) is 0 Å². The first kappa shape index (κ1) is 13.7. The van der Waals surface area contributed by atoms with E-state index in [1.807, 2.05) is 0 Å². The van der Waals surface area contributed by atoms with Gasteiger partial charge in [-0.2, -0.15) is 0 Å². The van der Waals surface area contributed by atoms with E-state index < -0.39 is 24.2 Å². The Balaban J connectivity index is 3.04. The normalized spacial score (nSPS) is 11.6. The third-order valence-electron chi connectivity index (χ3n) is 2.02. The summed E-state index contributed by atoms with van der Waals surface area (Å²) >= 11 is 5.97. The van der Waals surface area contributed by atoms with Gasteiger partial charge in [-0.25, -0.2) is 4.79 Å². The number of nitrogens with zero attached hydrogens (tertiary/aromatic N) is 1. The van der Waals surface area contributed by atoms with Gasteiger partial charge in [-0.05, 0) is 32.9 Å². The van der Waals surface area contributed by atoms with Crippen LogP contribution < -0.4 is 4.90 Å². The molecule has 0 heterocycles. The fourth-order valence-corrected chi connectivity index (χ4v) is 1.58. The van der Waals surface area contributed by atoms with E-state index in [4.69, 9.17) is 22.8 Å². The molecule has 0 spiro atoms. The molecule has 0 unspecified atom stereocenters. The average Bonchev–Trinajstić information content (AvgIpc) is 2.36. The quantitative estimate of drug-likeness (QED) is 0.927. The monoisotopic (exact) mass is 286 g/mol. The summed E-state index contributed by atoms with van der Waals surface area (Å²) in [6, 6.07) is 6.39. The number of hydrogen-bond acceptors (Lipinski definition) is 3. The van der Waals surface area contributed by atoms with Crippen LogP contribution in [0.25, 0.3) is 0 Å². The number of carbonyl (C=O) groups is 2. The van der Waals surface area contributed by atoms with Gasteiger partial charge in [0, 0.05) is 1.37 Å². The Morgan fingerprint density at radius 3 is 2.63 bits per heavy atom. The number of carboxylic acids is 1. The van der Waals surface area contributed by atoms with Crippen molar-refractivity contribution in [2.24, 2.45) is 0 Å². The van der Waals surface area contributed by atoms with Crippen LogP contribution in [0.1, 0.15) is 22.1 Å². The van der Waals surface area contributed by atoms with Crippen LogP contribution in [0.2, 0.25) is 5.02 Å². The molecule has 1 rings (SSSR count). The van der Waals surface area contributed by atoms with Gasteiger partial charge in [0.15, 0.2) is 0 Å². The van der Waals surface area contributed by atoms with Crippen molar-refractivity contribution in [2.75, 3.05) is 11.4 Å². The highest BCUT2D eigenvalue weighted by molar-refractivity contribution is 6.33. The zero-order chi connectivity index (χ0) is 15.3. The summed E-state index contributed by atoms with van der Waals surface area (Å²) in [5.41, 5.74) is -0.753. The first-order chi connectivity index (χ1) is 9.26. The lowest BCUT2D eigenvalue weighted by Crippen LogP contribution is -2.40. The Morgan fingerprint density at radius 1 is 1.47 bits per heavy atom. The highest BCUT2D eigenvalue weighted by atomic mass is 35.5. The molecule has 19 heavy (non-hydrogen) atoms. The molecule has 0 saturated heterocycles. The number of para-hydroxylation sites is 1. The minimum atomic E-state index is -1.19. The molecular formula is C13H16ClNO4. The Kier molecular flexibility index (Phi) is 4.27. The summed E-state index contributed by atoms with van der Waals surface area (Å²) in [5, 5.41) is 9.16. The maximum Gasteiger partial charge on any atom is 0.415 e. The third kappa shape index (κ3) is 4.79. The Bertz CT molecular complexity index is 507. The summed E-state index contributed by atoms with van der Waals surface area (Å²) in [6.45, 7) is 2.44. The van der Waals surface area contributed by atoms with Crippen LogP contribution in [0.5, 0.6) is 0 Å². The average molecular weight is 287 g/mol. The van der Waals surface area contributed by atoms with Gasteiger partial charge in [0.2, 0.25) is 0 Å². The summed E-state index contributed by atoms with van der Waals surface area (Å²) in [5.74, 6) is -1.19. The second-order valence-electron chi connectivity index (χ2n) is 4.56. The van der Waals surface area contributed by atoms with Gasteiger partial charge < -0.3 is 9.84 Å². The molecule has 1 amide bonds. The molecule has 1 N–H and O–H groups in total. The lowest BCUT2D eigenvalue weighted by molar-refractivity contribution is -0.135. The lowest BCUT2D eigenvalue weighted by atomic mass is 10.2. The molecule has 0 aromatic heterocycles. The van der Waals surface area contributed by atoms with Crippen LogP contribution in [-0.2, 0) is 9.53 Å². The second-order valence-corrected chi connectivity index (χ2v) is 4.97. The molecule has 1 aromatic carbocycles. The number of carbonyl (C=O) groups excluding carboxylic acids is 1. The third-order valence-corrected chi connectivity index (χ3v) is 2.34. The van der Waals surface area contributed by atoms with E-state index in [1.54, 1.807) is 32.0 Å². The van der Waals surface area contributed by atoms with E-state index in [2.05, 4.69) is 0 Å². The summed E-state index contributed by atoms with van der Waals surface area (Å²) in [4.78, 5) is 23.9. The van der Waals surface area contributed by atoms with Gasteiger partial charge in [0.1, 0.15) is 12.1 Å². The number of halogens is 1. The molecule has 5 nitrogen and oxygen atoms in total. The zero-order valence-electron chi connectivity index (χ0n) is 11.7. The van der Waals surface area contributed by atoms with Crippen LogP contribution in [-0.4, -0.2) is 29.3 Å². The van der Waals surface area contributed by atoms with Crippen molar-refractivity contribution in [3.05, 3.63) is 29.3 Å². The molecule has 0 aliphatic heterocycles. The summed E-state index contributed by atoms with van der Waals surface area (Å²) in [6.07, 6.45) is -0.849. The van der Waals surface area contributed by atoms with E-state index in [9.17, 15) is 9.59 Å². The van der Waals surface area contributed by atoms with Gasteiger partial charge >= 0.3 is 12.1 Å². The first-order valence-electron chi connectivity index (χ1n) is 6.23. The molecule has 0 aliphatic carbocycles. The van der Waals surface area contributed by atoms with Crippen LogP contribution in [0.15, 0.2) is 24.3 Å². The van der Waals surface area contributed by atoms with Crippen molar-refractivity contribution in [3.8, 4) is 0 Å². The predicted octanol–water partition coefficient (Wildman–Crippen LogP) is 3.17. The van der Waals surface area contributed by atoms with Crippen LogP contribution in [0.4, 0.5) is 10.5 Å².